The van der Waals surface area contributed by atoms with E-state index < -0.39 is 84.1 Å². The van der Waals surface area contributed by atoms with Crippen LogP contribution in [0, 0.1) is 0 Å². The van der Waals surface area contributed by atoms with Crippen molar-refractivity contribution in [2.75, 3.05) is 0 Å². The molecule has 3 rings (SSSR count). The molecular formula is C6Ge3O12. The van der Waals surface area contributed by atoms with Crippen LogP contribution in [0.15, 0.2) is 0 Å². The molecule has 108 valence electrons. The SMILES string of the molecule is O=C1[O][Ge][O]C1=O.O=C1[O][Ge][O]C1=O.O=C1[O][Ge][O]C1=O. The summed E-state index contributed by atoms with van der Waals surface area (Å²) in [5, 5.41) is 0. The molecule has 0 spiro atoms. The molecule has 3 heterocycles. The zero-order chi connectivity index (χ0) is 15.8. The van der Waals surface area contributed by atoms with Gasteiger partial charge in [-0.05, 0) is 0 Å². The number of hydrogen-bond acceptors (Lipinski definition) is 12. The molecule has 3 aliphatic rings. The summed E-state index contributed by atoms with van der Waals surface area (Å²) in [6.45, 7) is 0. The first-order chi connectivity index (χ1) is 9.91. The minimum atomic E-state index is -1.15. The van der Waals surface area contributed by atoms with Crippen molar-refractivity contribution in [2.24, 2.45) is 0 Å². The molecule has 3 fully saturated rings. The van der Waals surface area contributed by atoms with Crippen LogP contribution < -0.4 is 0 Å². The topological polar surface area (TPSA) is 158 Å². The fraction of sp³-hybridized carbons (Fsp3) is 0. The molecule has 0 aromatic rings. The van der Waals surface area contributed by atoms with Crippen LogP contribution in [0.25, 0.3) is 0 Å². The van der Waals surface area contributed by atoms with Crippen molar-refractivity contribution in [3.05, 3.63) is 0 Å². The van der Waals surface area contributed by atoms with E-state index in [1.165, 1.54) is 0 Å². The first kappa shape index (κ1) is 17.5. The van der Waals surface area contributed by atoms with Crippen molar-refractivity contribution in [2.45, 2.75) is 0 Å². The van der Waals surface area contributed by atoms with Gasteiger partial charge in [-0.2, -0.15) is 0 Å². The minimum absolute atomic E-state index is 0.847. The summed E-state index contributed by atoms with van der Waals surface area (Å²) in [5.41, 5.74) is 0. The second kappa shape index (κ2) is 8.67. The zero-order valence-corrected chi connectivity index (χ0v) is 15.7. The fourth-order valence-corrected chi connectivity index (χ4v) is 2.80. The zero-order valence-electron chi connectivity index (χ0n) is 9.40. The number of carbonyl (C=O) groups is 6. The number of rotatable bonds is 0. The van der Waals surface area contributed by atoms with Gasteiger partial charge >= 0.3 is 135 Å². The molecule has 3 saturated heterocycles. The molecule has 12 nitrogen and oxygen atoms in total. The maximum absolute atomic E-state index is 9.91. The van der Waals surface area contributed by atoms with E-state index in [0.717, 1.165) is 0 Å². The molecule has 0 bridgehead atoms. The molecule has 0 amide bonds. The van der Waals surface area contributed by atoms with Crippen molar-refractivity contribution < 1.29 is 51.3 Å². The second-order valence-corrected chi connectivity index (χ2v) is 6.21. The van der Waals surface area contributed by atoms with Gasteiger partial charge in [-0.3, -0.25) is 0 Å². The van der Waals surface area contributed by atoms with Crippen molar-refractivity contribution in [1.29, 1.82) is 0 Å². The van der Waals surface area contributed by atoms with Crippen molar-refractivity contribution in [3.63, 3.8) is 0 Å². The van der Waals surface area contributed by atoms with Crippen molar-refractivity contribution in [3.8, 4) is 0 Å². The summed E-state index contributed by atoms with van der Waals surface area (Å²) in [4.78, 5) is 59.5. The summed E-state index contributed by atoms with van der Waals surface area (Å²) in [7, 11) is 0. The Morgan fingerprint density at radius 1 is 0.381 bits per heavy atom. The molecule has 3 aliphatic heterocycles. The Balaban J connectivity index is 0.000000157. The Bertz CT molecular complexity index is 386. The van der Waals surface area contributed by atoms with Crippen molar-refractivity contribution in [1.82, 2.24) is 0 Å². The summed E-state index contributed by atoms with van der Waals surface area (Å²) < 4.78 is 25.1. The van der Waals surface area contributed by atoms with E-state index in [4.69, 9.17) is 0 Å². The van der Waals surface area contributed by atoms with E-state index in [-0.39, 0.29) is 0 Å². The van der Waals surface area contributed by atoms with E-state index in [2.05, 4.69) is 22.6 Å². The Labute approximate surface area is 135 Å². The molecule has 0 atom stereocenters. The Morgan fingerprint density at radius 2 is 0.524 bits per heavy atom. The van der Waals surface area contributed by atoms with Crippen LogP contribution in [0.4, 0.5) is 0 Å². The molecule has 0 aliphatic carbocycles. The first-order valence-electron chi connectivity index (χ1n) is 4.42. The van der Waals surface area contributed by atoms with E-state index in [9.17, 15) is 28.8 Å². The Hall–Kier alpha value is -1.55. The quantitative estimate of drug-likeness (QED) is 0.243. The van der Waals surface area contributed by atoms with Crippen LogP contribution in [0.3, 0.4) is 0 Å². The normalized spacial score (nSPS) is 18.9. The second-order valence-electron chi connectivity index (χ2n) is 2.59. The first-order valence-corrected chi connectivity index (χ1v) is 9.56. The van der Waals surface area contributed by atoms with Crippen LogP contribution in [0.1, 0.15) is 0 Å². The third-order valence-corrected chi connectivity index (χ3v) is 4.69. The van der Waals surface area contributed by atoms with Gasteiger partial charge in [0, 0.05) is 0 Å². The molecule has 0 aromatic carbocycles. The summed E-state index contributed by atoms with van der Waals surface area (Å²) >= 11 is -3.44. The average Bonchev–Trinajstić information content (AvgIpc) is 3.11. The summed E-state index contributed by atoms with van der Waals surface area (Å²) in [5.74, 6) is -5.08. The van der Waals surface area contributed by atoms with Gasteiger partial charge in [0.05, 0.1) is 0 Å². The monoisotopic (exact) mass is 486 g/mol. The number of hydrogen-bond donors (Lipinski definition) is 0. The van der Waals surface area contributed by atoms with Gasteiger partial charge in [-0.15, -0.1) is 0 Å². The van der Waals surface area contributed by atoms with Crippen LogP contribution in [-0.4, -0.2) is 84.1 Å². The van der Waals surface area contributed by atoms with Gasteiger partial charge in [0.2, 0.25) is 0 Å². The molecule has 0 N–H and O–H groups in total. The van der Waals surface area contributed by atoms with E-state index in [0.29, 0.717) is 0 Å². The molecule has 0 saturated carbocycles. The van der Waals surface area contributed by atoms with Gasteiger partial charge < -0.3 is 0 Å². The van der Waals surface area contributed by atoms with Crippen LogP contribution in [0.2, 0.25) is 0 Å². The third kappa shape index (κ3) is 6.17. The van der Waals surface area contributed by atoms with Crippen LogP contribution in [-0.2, 0) is 51.3 Å². The molecule has 15 heteroatoms. The van der Waals surface area contributed by atoms with E-state index >= 15 is 0 Å². The van der Waals surface area contributed by atoms with Gasteiger partial charge in [-0.25, -0.2) is 0 Å². The molecule has 21 heavy (non-hydrogen) atoms. The standard InChI is InChI=1S/3C2GeO4/c3*4-1-2(5)7-3-6-1. The summed E-state index contributed by atoms with van der Waals surface area (Å²) in [6.07, 6.45) is 0. The van der Waals surface area contributed by atoms with Gasteiger partial charge in [0.15, 0.2) is 0 Å². The molecule has 0 aromatic heterocycles. The predicted octanol–water partition coefficient (Wildman–Crippen LogP) is -4.14. The Morgan fingerprint density at radius 3 is 0.571 bits per heavy atom. The Kier molecular flexibility index (Phi) is 7.23. The van der Waals surface area contributed by atoms with E-state index in [1.807, 2.05) is 0 Å². The van der Waals surface area contributed by atoms with Crippen LogP contribution >= 0.6 is 0 Å². The number of carbonyl (C=O) groups excluding carboxylic acids is 6. The predicted molar refractivity (Wildman–Crippen MR) is 53.8 cm³/mol. The van der Waals surface area contributed by atoms with Crippen molar-refractivity contribution >= 4 is 84.1 Å². The van der Waals surface area contributed by atoms with E-state index in [1.54, 1.807) is 0 Å². The van der Waals surface area contributed by atoms with Gasteiger partial charge in [-0.1, -0.05) is 0 Å². The maximum atomic E-state index is 9.91. The fourth-order valence-electron chi connectivity index (χ4n) is 0.540. The average molecular weight is 482 g/mol. The molecular weight excluding hydrogens is 482 g/mol. The van der Waals surface area contributed by atoms with Gasteiger partial charge in [0.25, 0.3) is 0 Å². The summed E-state index contributed by atoms with van der Waals surface area (Å²) in [6, 6.07) is 0. The molecule has 0 unspecified atom stereocenters. The third-order valence-electron chi connectivity index (χ3n) is 1.31. The molecule has 6 radical (unpaired) electrons. The van der Waals surface area contributed by atoms with Gasteiger partial charge in [0.1, 0.15) is 0 Å². The van der Waals surface area contributed by atoms with Crippen LogP contribution in [0.5, 0.6) is 0 Å².